The molecule has 3 N–H and O–H groups in total. The van der Waals surface area contributed by atoms with Crippen LogP contribution in [-0.4, -0.2) is 15.9 Å². The number of hydrogen-bond acceptors (Lipinski definition) is 3. The topological polar surface area (TPSA) is 76.2 Å². The molecule has 0 aliphatic heterocycles. The summed E-state index contributed by atoms with van der Waals surface area (Å²) >= 11 is 0. The Morgan fingerprint density at radius 1 is 1.27 bits per heavy atom. The Morgan fingerprint density at radius 2 is 2.05 bits per heavy atom. The number of rotatable bonds is 4. The highest BCUT2D eigenvalue weighted by molar-refractivity contribution is 5.92. The normalized spacial score (nSPS) is 11.8. The minimum Gasteiger partial charge on any atom is -0.370 e. The quantitative estimate of drug-likeness (QED) is 0.672. The Kier molecular flexibility index (Phi) is 4.98. The van der Waals surface area contributed by atoms with Gasteiger partial charge in [-0.1, -0.05) is 6.07 Å². The van der Waals surface area contributed by atoms with Crippen molar-refractivity contribution in [1.82, 2.24) is 9.97 Å². The molecule has 0 spiro atoms. The Labute approximate surface area is 127 Å². The lowest BCUT2D eigenvalue weighted by Crippen LogP contribution is -2.22. The van der Waals surface area contributed by atoms with Crippen LogP contribution < -0.4 is 11.1 Å². The minimum atomic E-state index is -2.63. The Morgan fingerprint density at radius 3 is 2.73 bits per heavy atom. The average molecular weight is 305 g/mol. The molecule has 5 nitrogen and oxygen atoms in total. The van der Waals surface area contributed by atoms with E-state index in [2.05, 4.69) is 20.3 Å². The van der Waals surface area contributed by atoms with Gasteiger partial charge in [-0.3, -0.25) is 0 Å². The molecule has 2 rings (SSSR count). The van der Waals surface area contributed by atoms with Crippen molar-refractivity contribution in [2.45, 2.75) is 26.8 Å². The second kappa shape index (κ2) is 6.93. The van der Waals surface area contributed by atoms with Crippen LogP contribution in [0.1, 0.15) is 29.1 Å². The van der Waals surface area contributed by atoms with Gasteiger partial charge in [0.05, 0.1) is 0 Å². The minimum absolute atomic E-state index is 0.0320. The lowest BCUT2D eigenvalue weighted by atomic mass is 10.1. The molecule has 0 saturated carbocycles. The molecule has 0 bridgehead atoms. The molecule has 0 saturated heterocycles. The van der Waals surface area contributed by atoms with E-state index in [1.807, 2.05) is 32.0 Å². The van der Waals surface area contributed by atoms with Gasteiger partial charge in [0.25, 0.3) is 6.43 Å². The highest BCUT2D eigenvalue weighted by atomic mass is 19.3. The van der Waals surface area contributed by atoms with Crippen LogP contribution in [0.3, 0.4) is 0 Å². The van der Waals surface area contributed by atoms with Gasteiger partial charge in [-0.05, 0) is 43.2 Å². The predicted octanol–water partition coefficient (Wildman–Crippen LogP) is 2.96. The fourth-order valence-corrected chi connectivity index (χ4v) is 1.78. The SMILES string of the molecule is Cc1ccc(NC(N)=NCc2nccc(C(F)F)n2)cc1C. The summed E-state index contributed by atoms with van der Waals surface area (Å²) < 4.78 is 25.1. The number of nitrogens with two attached hydrogens (primary N) is 1. The van der Waals surface area contributed by atoms with E-state index in [0.717, 1.165) is 11.3 Å². The van der Waals surface area contributed by atoms with Gasteiger partial charge in [0.15, 0.2) is 5.96 Å². The van der Waals surface area contributed by atoms with Gasteiger partial charge in [0.2, 0.25) is 0 Å². The molecule has 22 heavy (non-hydrogen) atoms. The maximum absolute atomic E-state index is 12.5. The summed E-state index contributed by atoms with van der Waals surface area (Å²) in [5.74, 6) is 0.372. The molecule has 0 unspecified atom stereocenters. The third kappa shape index (κ3) is 4.21. The summed E-state index contributed by atoms with van der Waals surface area (Å²) in [6.07, 6.45) is -1.34. The number of alkyl halides is 2. The third-order valence-electron chi connectivity index (χ3n) is 3.12. The van der Waals surface area contributed by atoms with E-state index in [4.69, 9.17) is 5.73 Å². The lowest BCUT2D eigenvalue weighted by molar-refractivity contribution is 0.145. The van der Waals surface area contributed by atoms with Crippen molar-refractivity contribution >= 4 is 11.6 Å². The fourth-order valence-electron chi connectivity index (χ4n) is 1.78. The zero-order valence-corrected chi connectivity index (χ0v) is 12.3. The largest absolute Gasteiger partial charge is 0.370 e. The highest BCUT2D eigenvalue weighted by Gasteiger charge is 2.09. The second-order valence-corrected chi connectivity index (χ2v) is 4.82. The zero-order valence-electron chi connectivity index (χ0n) is 12.3. The summed E-state index contributed by atoms with van der Waals surface area (Å²) in [7, 11) is 0. The molecular weight excluding hydrogens is 288 g/mol. The van der Waals surface area contributed by atoms with Crippen molar-refractivity contribution in [3.05, 3.63) is 53.1 Å². The number of nitrogens with one attached hydrogen (secondary N) is 1. The molecule has 0 fully saturated rings. The predicted molar refractivity (Wildman–Crippen MR) is 81.9 cm³/mol. The molecule has 0 amide bonds. The number of hydrogen-bond donors (Lipinski definition) is 2. The first-order valence-electron chi connectivity index (χ1n) is 6.70. The summed E-state index contributed by atoms with van der Waals surface area (Å²) in [4.78, 5) is 11.7. The molecule has 1 aromatic carbocycles. The molecule has 1 heterocycles. The van der Waals surface area contributed by atoms with Crippen LogP contribution in [0, 0.1) is 13.8 Å². The van der Waals surface area contributed by atoms with Crippen LogP contribution in [0.5, 0.6) is 0 Å². The van der Waals surface area contributed by atoms with Crippen molar-refractivity contribution in [3.63, 3.8) is 0 Å². The standard InChI is InChI=1S/C15H17F2N5/c1-9-3-4-11(7-10(9)2)21-15(18)20-8-13-19-6-5-12(22-13)14(16)17/h3-7,14H,8H2,1-2H3,(H3,18,20,21). The van der Waals surface area contributed by atoms with Gasteiger partial charge < -0.3 is 11.1 Å². The third-order valence-corrected chi connectivity index (χ3v) is 3.12. The number of aryl methyl sites for hydroxylation is 2. The number of halogens is 2. The number of nitrogens with zero attached hydrogens (tertiary/aromatic N) is 3. The Bertz CT molecular complexity index is 685. The van der Waals surface area contributed by atoms with Gasteiger partial charge >= 0.3 is 0 Å². The molecule has 0 aliphatic rings. The van der Waals surface area contributed by atoms with Crippen LogP contribution in [0.4, 0.5) is 14.5 Å². The van der Waals surface area contributed by atoms with E-state index in [0.29, 0.717) is 0 Å². The van der Waals surface area contributed by atoms with Crippen LogP contribution in [0.15, 0.2) is 35.5 Å². The first-order valence-corrected chi connectivity index (χ1v) is 6.70. The molecule has 116 valence electrons. The summed E-state index contributed by atoms with van der Waals surface area (Å²) in [6, 6.07) is 6.99. The van der Waals surface area contributed by atoms with Crippen molar-refractivity contribution < 1.29 is 8.78 Å². The molecule has 0 radical (unpaired) electrons. The van der Waals surface area contributed by atoms with E-state index in [-0.39, 0.29) is 24.0 Å². The molecule has 7 heteroatoms. The van der Waals surface area contributed by atoms with E-state index >= 15 is 0 Å². The number of anilines is 1. The van der Waals surface area contributed by atoms with Crippen molar-refractivity contribution in [3.8, 4) is 0 Å². The van der Waals surface area contributed by atoms with Gasteiger partial charge in [-0.25, -0.2) is 23.7 Å². The molecule has 1 aromatic heterocycles. The molecular formula is C15H17F2N5. The molecule has 0 aliphatic carbocycles. The average Bonchev–Trinajstić information content (AvgIpc) is 2.49. The molecule has 0 atom stereocenters. The maximum Gasteiger partial charge on any atom is 0.280 e. The lowest BCUT2D eigenvalue weighted by Gasteiger charge is -2.08. The summed E-state index contributed by atoms with van der Waals surface area (Å²) in [6.45, 7) is 4.05. The van der Waals surface area contributed by atoms with Crippen LogP contribution in [0.25, 0.3) is 0 Å². The van der Waals surface area contributed by atoms with Gasteiger partial charge in [0, 0.05) is 11.9 Å². The zero-order chi connectivity index (χ0) is 16.1. The molecule has 2 aromatic rings. The van der Waals surface area contributed by atoms with Crippen LogP contribution in [0.2, 0.25) is 0 Å². The number of guanidine groups is 1. The van der Waals surface area contributed by atoms with Gasteiger partial charge in [-0.15, -0.1) is 0 Å². The Hall–Kier alpha value is -2.57. The summed E-state index contributed by atoms with van der Waals surface area (Å²) in [5, 5.41) is 2.94. The first kappa shape index (κ1) is 15.8. The maximum atomic E-state index is 12.5. The van der Waals surface area contributed by atoms with Crippen LogP contribution >= 0.6 is 0 Å². The van der Waals surface area contributed by atoms with E-state index < -0.39 is 6.43 Å². The number of benzene rings is 1. The van der Waals surface area contributed by atoms with Gasteiger partial charge in [-0.2, -0.15) is 0 Å². The summed E-state index contributed by atoms with van der Waals surface area (Å²) in [5.41, 5.74) is 8.58. The number of aliphatic imine (C=N–C) groups is 1. The van der Waals surface area contributed by atoms with E-state index in [1.165, 1.54) is 17.8 Å². The Balaban J connectivity index is 2.03. The van der Waals surface area contributed by atoms with Crippen LogP contribution in [-0.2, 0) is 6.54 Å². The monoisotopic (exact) mass is 305 g/mol. The van der Waals surface area contributed by atoms with E-state index in [1.54, 1.807) is 0 Å². The van der Waals surface area contributed by atoms with Crippen molar-refractivity contribution in [1.29, 1.82) is 0 Å². The van der Waals surface area contributed by atoms with Gasteiger partial charge in [0.1, 0.15) is 18.1 Å². The van der Waals surface area contributed by atoms with E-state index in [9.17, 15) is 8.78 Å². The smallest absolute Gasteiger partial charge is 0.280 e. The van der Waals surface area contributed by atoms with Crippen molar-refractivity contribution in [2.24, 2.45) is 10.7 Å². The first-order chi connectivity index (χ1) is 10.5. The number of aromatic nitrogens is 2. The second-order valence-electron chi connectivity index (χ2n) is 4.82. The van der Waals surface area contributed by atoms with Crippen molar-refractivity contribution in [2.75, 3.05) is 5.32 Å². The highest BCUT2D eigenvalue weighted by Crippen LogP contribution is 2.15. The fraction of sp³-hybridized carbons (Fsp3) is 0.267.